The van der Waals surface area contributed by atoms with Gasteiger partial charge in [0.2, 0.25) is 0 Å². The molecule has 4 aromatic carbocycles. The van der Waals surface area contributed by atoms with Crippen molar-refractivity contribution in [1.82, 2.24) is 9.66 Å². The first-order valence-electron chi connectivity index (χ1n) is 11.9. The number of methoxy groups -OCH3 is 2. The van der Waals surface area contributed by atoms with Gasteiger partial charge in [0.1, 0.15) is 5.75 Å². The fourth-order valence-corrected chi connectivity index (χ4v) is 4.43. The Balaban J connectivity index is 1.50. The predicted molar refractivity (Wildman–Crippen MR) is 155 cm³/mol. The van der Waals surface area contributed by atoms with Gasteiger partial charge in [0.15, 0.2) is 17.3 Å². The van der Waals surface area contributed by atoms with E-state index < -0.39 is 5.97 Å². The number of carbonyl (C=O) groups excluding carboxylic acids is 1. The van der Waals surface area contributed by atoms with E-state index in [1.165, 1.54) is 30.1 Å². The molecule has 0 aliphatic heterocycles. The third-order valence-corrected chi connectivity index (χ3v) is 6.51. The van der Waals surface area contributed by atoms with Crippen LogP contribution in [0.4, 0.5) is 0 Å². The van der Waals surface area contributed by atoms with Gasteiger partial charge in [0, 0.05) is 10.6 Å². The zero-order valence-corrected chi connectivity index (χ0v) is 22.8. The number of para-hydroxylation sites is 1. The van der Waals surface area contributed by atoms with Gasteiger partial charge < -0.3 is 14.2 Å². The van der Waals surface area contributed by atoms with Crippen LogP contribution in [0.3, 0.4) is 0 Å². The lowest BCUT2D eigenvalue weighted by molar-refractivity contribution is 0.0730. The maximum absolute atomic E-state index is 13.4. The number of esters is 1. The quantitative estimate of drug-likeness (QED) is 0.125. The molecule has 0 atom stereocenters. The SMILES string of the molecule is COc1ccc(-c2nc3ccccc3c(=O)n2N=Cc2ccc(OC(=O)c3ccc(Cl)cc3Cl)c(OC)c2)cc1. The van der Waals surface area contributed by atoms with Gasteiger partial charge in [-0.15, -0.1) is 0 Å². The van der Waals surface area contributed by atoms with Crippen molar-refractivity contribution < 1.29 is 19.0 Å². The van der Waals surface area contributed by atoms with Crippen molar-refractivity contribution in [2.24, 2.45) is 5.10 Å². The first kappa shape index (κ1) is 26.9. The molecule has 0 saturated heterocycles. The zero-order chi connectivity index (χ0) is 28.2. The molecule has 0 saturated carbocycles. The molecule has 1 aromatic heterocycles. The Morgan fingerprint density at radius 2 is 1.68 bits per heavy atom. The molecule has 0 aliphatic rings. The molecule has 1 heterocycles. The summed E-state index contributed by atoms with van der Waals surface area (Å²) in [7, 11) is 3.03. The van der Waals surface area contributed by atoms with Crippen molar-refractivity contribution >= 4 is 46.3 Å². The Hall–Kier alpha value is -4.66. The monoisotopic (exact) mass is 573 g/mol. The lowest BCUT2D eigenvalue weighted by Crippen LogP contribution is -2.20. The molecule has 0 radical (unpaired) electrons. The van der Waals surface area contributed by atoms with Crippen molar-refractivity contribution in [2.45, 2.75) is 0 Å². The van der Waals surface area contributed by atoms with Crippen LogP contribution < -0.4 is 19.8 Å². The van der Waals surface area contributed by atoms with Crippen molar-refractivity contribution in [1.29, 1.82) is 0 Å². The van der Waals surface area contributed by atoms with Gasteiger partial charge >= 0.3 is 5.97 Å². The third kappa shape index (κ3) is 5.54. The van der Waals surface area contributed by atoms with Crippen LogP contribution in [0.1, 0.15) is 15.9 Å². The van der Waals surface area contributed by atoms with Gasteiger partial charge in [-0.25, -0.2) is 9.78 Å². The molecular weight excluding hydrogens is 553 g/mol. The highest BCUT2D eigenvalue weighted by Crippen LogP contribution is 2.30. The van der Waals surface area contributed by atoms with Crippen molar-refractivity contribution in [3.8, 4) is 28.6 Å². The largest absolute Gasteiger partial charge is 0.497 e. The van der Waals surface area contributed by atoms with Crippen molar-refractivity contribution in [3.05, 3.63) is 116 Å². The fraction of sp³-hybridized carbons (Fsp3) is 0.0667. The van der Waals surface area contributed by atoms with E-state index in [0.29, 0.717) is 38.6 Å². The zero-order valence-electron chi connectivity index (χ0n) is 21.3. The summed E-state index contributed by atoms with van der Waals surface area (Å²) >= 11 is 12.1. The molecule has 200 valence electrons. The number of aromatic nitrogens is 2. The highest BCUT2D eigenvalue weighted by atomic mass is 35.5. The molecule has 5 rings (SSSR count). The molecule has 10 heteroatoms. The minimum Gasteiger partial charge on any atom is -0.497 e. The highest BCUT2D eigenvalue weighted by molar-refractivity contribution is 6.36. The van der Waals surface area contributed by atoms with Gasteiger partial charge in [-0.05, 0) is 78.4 Å². The number of hydrogen-bond donors (Lipinski definition) is 0. The maximum atomic E-state index is 13.4. The van der Waals surface area contributed by atoms with Crippen molar-refractivity contribution in [2.75, 3.05) is 14.2 Å². The first-order chi connectivity index (χ1) is 19.4. The number of nitrogens with zero attached hydrogens (tertiary/aromatic N) is 3. The Kier molecular flexibility index (Phi) is 7.82. The summed E-state index contributed by atoms with van der Waals surface area (Å²) in [6.45, 7) is 0. The predicted octanol–water partition coefficient (Wildman–Crippen LogP) is 6.49. The number of halogens is 2. The second kappa shape index (κ2) is 11.6. The summed E-state index contributed by atoms with van der Waals surface area (Å²) < 4.78 is 17.4. The van der Waals surface area contributed by atoms with Gasteiger partial charge in [0.05, 0.1) is 41.9 Å². The Labute approximate surface area is 239 Å². The second-order valence-corrected chi connectivity index (χ2v) is 9.31. The first-order valence-corrected chi connectivity index (χ1v) is 12.7. The van der Waals surface area contributed by atoms with E-state index >= 15 is 0 Å². The third-order valence-electron chi connectivity index (χ3n) is 5.97. The summed E-state index contributed by atoms with van der Waals surface area (Å²) in [5.41, 5.74) is 1.65. The molecule has 0 amide bonds. The normalized spacial score (nSPS) is 11.1. The number of rotatable bonds is 7. The maximum Gasteiger partial charge on any atom is 0.345 e. The molecule has 5 aromatic rings. The molecular formula is C30H21Cl2N3O5. The number of ether oxygens (including phenoxy) is 3. The van der Waals surface area contributed by atoms with Crippen LogP contribution in [0.15, 0.2) is 94.8 Å². The van der Waals surface area contributed by atoms with E-state index in [-0.39, 0.29) is 27.6 Å². The van der Waals surface area contributed by atoms with Crippen LogP contribution in [0, 0.1) is 0 Å². The molecule has 40 heavy (non-hydrogen) atoms. The van der Waals surface area contributed by atoms with Gasteiger partial charge in [0.25, 0.3) is 5.56 Å². The topological polar surface area (TPSA) is 92.0 Å². The van der Waals surface area contributed by atoms with Gasteiger partial charge in [-0.3, -0.25) is 4.79 Å². The Bertz CT molecular complexity index is 1820. The van der Waals surface area contributed by atoms with Crippen LogP contribution >= 0.6 is 23.2 Å². The van der Waals surface area contributed by atoms with E-state index in [1.807, 2.05) is 6.07 Å². The number of fused-ring (bicyclic) bond motifs is 1. The second-order valence-electron chi connectivity index (χ2n) is 8.47. The van der Waals surface area contributed by atoms with Crippen LogP contribution in [0.5, 0.6) is 17.2 Å². The lowest BCUT2D eigenvalue weighted by atomic mass is 10.2. The molecule has 0 unspecified atom stereocenters. The van der Waals surface area contributed by atoms with Gasteiger partial charge in [-0.2, -0.15) is 9.78 Å². The van der Waals surface area contributed by atoms with E-state index in [9.17, 15) is 9.59 Å². The summed E-state index contributed by atoms with van der Waals surface area (Å²) in [4.78, 5) is 30.8. The fourth-order valence-electron chi connectivity index (χ4n) is 3.94. The molecule has 0 N–H and O–H groups in total. The lowest BCUT2D eigenvalue weighted by Gasteiger charge is -2.11. The van der Waals surface area contributed by atoms with Crippen LogP contribution in [-0.2, 0) is 0 Å². The van der Waals surface area contributed by atoms with Crippen LogP contribution in [0.25, 0.3) is 22.3 Å². The van der Waals surface area contributed by atoms with Crippen LogP contribution in [0.2, 0.25) is 10.0 Å². The summed E-state index contributed by atoms with van der Waals surface area (Å²) in [6.07, 6.45) is 1.50. The molecule has 0 aliphatic carbocycles. The van der Waals surface area contributed by atoms with E-state index in [0.717, 1.165) is 0 Å². The van der Waals surface area contributed by atoms with E-state index in [1.54, 1.807) is 73.8 Å². The van der Waals surface area contributed by atoms with Crippen molar-refractivity contribution in [3.63, 3.8) is 0 Å². The molecule has 0 spiro atoms. The highest BCUT2D eigenvalue weighted by Gasteiger charge is 2.17. The average molecular weight is 574 g/mol. The standard InChI is InChI=1S/C30H21Cl2N3O5/c1-38-21-11-8-19(9-12-21)28-34-25-6-4-3-5-23(25)29(36)35(28)33-17-18-7-14-26(27(15-18)39-2)40-30(37)22-13-10-20(31)16-24(22)32/h3-17H,1-2H3. The number of hydrogen-bond acceptors (Lipinski definition) is 7. The van der Waals surface area contributed by atoms with E-state index in [4.69, 9.17) is 42.4 Å². The minimum atomic E-state index is -0.667. The Morgan fingerprint density at radius 3 is 2.40 bits per heavy atom. The van der Waals surface area contributed by atoms with Crippen LogP contribution in [-0.4, -0.2) is 36.1 Å². The van der Waals surface area contributed by atoms with Gasteiger partial charge in [-0.1, -0.05) is 35.3 Å². The summed E-state index contributed by atoms with van der Waals surface area (Å²) in [5, 5.41) is 5.47. The van der Waals surface area contributed by atoms with E-state index in [2.05, 4.69) is 5.10 Å². The summed E-state index contributed by atoms with van der Waals surface area (Å²) in [6, 6.07) is 23.6. The smallest absolute Gasteiger partial charge is 0.345 e. The molecule has 8 nitrogen and oxygen atoms in total. The molecule has 0 fully saturated rings. The average Bonchev–Trinajstić information content (AvgIpc) is 2.97. The minimum absolute atomic E-state index is 0.160. The number of carbonyl (C=O) groups is 1. The Morgan fingerprint density at radius 1 is 0.900 bits per heavy atom. The molecule has 0 bridgehead atoms. The number of benzene rings is 4. The summed E-state index contributed by atoms with van der Waals surface area (Å²) in [5.74, 6) is 0.827.